The van der Waals surface area contributed by atoms with Crippen molar-refractivity contribution in [2.75, 3.05) is 0 Å². The number of carbonyl (C=O) groups excluding carboxylic acids is 1. The number of rotatable bonds is 4. The number of aryl methyl sites for hydroxylation is 1. The average Bonchev–Trinajstić information content (AvgIpc) is 3.08. The molecule has 2 bridgehead atoms. The van der Waals surface area contributed by atoms with Crippen molar-refractivity contribution in [1.29, 1.82) is 0 Å². The SMILES string of the molecule is Cc1ccc(C(C)NC(=O)C2C3C=CC(O3)C2C(=O)O)cc1. The van der Waals surface area contributed by atoms with Gasteiger partial charge in [0.2, 0.25) is 5.91 Å². The number of hydrogen-bond donors (Lipinski definition) is 2. The number of carbonyl (C=O) groups is 2. The van der Waals surface area contributed by atoms with Gasteiger partial charge in [-0.2, -0.15) is 0 Å². The van der Waals surface area contributed by atoms with Crippen LogP contribution in [0.1, 0.15) is 24.1 Å². The van der Waals surface area contributed by atoms with Gasteiger partial charge in [0.1, 0.15) is 5.92 Å². The number of ether oxygens (including phenoxy) is 1. The first-order valence-electron chi connectivity index (χ1n) is 7.41. The summed E-state index contributed by atoms with van der Waals surface area (Å²) in [4.78, 5) is 23.9. The molecular weight excluding hydrogens is 282 g/mol. The van der Waals surface area contributed by atoms with Crippen LogP contribution in [0.5, 0.6) is 0 Å². The van der Waals surface area contributed by atoms with Gasteiger partial charge in [-0.25, -0.2) is 0 Å². The average molecular weight is 301 g/mol. The molecule has 2 N–H and O–H groups in total. The van der Waals surface area contributed by atoms with Gasteiger partial charge in [0.05, 0.1) is 24.2 Å². The van der Waals surface area contributed by atoms with Crippen LogP contribution in [0.25, 0.3) is 0 Å². The summed E-state index contributed by atoms with van der Waals surface area (Å²) in [5.74, 6) is -2.72. The number of benzene rings is 1. The minimum atomic E-state index is -0.986. The molecule has 1 saturated heterocycles. The number of fused-ring (bicyclic) bond motifs is 2. The summed E-state index contributed by atoms with van der Waals surface area (Å²) in [5.41, 5.74) is 2.14. The van der Waals surface area contributed by atoms with Gasteiger partial charge in [0.25, 0.3) is 0 Å². The van der Waals surface area contributed by atoms with Crippen LogP contribution in [0.15, 0.2) is 36.4 Å². The second-order valence-electron chi connectivity index (χ2n) is 5.98. The first kappa shape index (κ1) is 14.8. The molecule has 3 rings (SSSR count). The summed E-state index contributed by atoms with van der Waals surface area (Å²) in [6.45, 7) is 3.89. The van der Waals surface area contributed by atoms with E-state index in [4.69, 9.17) is 4.74 Å². The maximum absolute atomic E-state index is 12.5. The van der Waals surface area contributed by atoms with E-state index in [1.54, 1.807) is 12.2 Å². The Morgan fingerprint density at radius 3 is 2.32 bits per heavy atom. The minimum absolute atomic E-state index is 0.175. The second-order valence-corrected chi connectivity index (χ2v) is 5.98. The molecule has 5 atom stereocenters. The zero-order valence-corrected chi connectivity index (χ0v) is 12.5. The second kappa shape index (κ2) is 5.57. The smallest absolute Gasteiger partial charge is 0.310 e. The molecule has 1 fully saturated rings. The monoisotopic (exact) mass is 301 g/mol. The molecular formula is C17H19NO4. The summed E-state index contributed by atoms with van der Waals surface area (Å²) in [5, 5.41) is 12.3. The topological polar surface area (TPSA) is 75.6 Å². The Balaban J connectivity index is 1.72. The molecule has 0 spiro atoms. The Morgan fingerprint density at radius 2 is 1.73 bits per heavy atom. The van der Waals surface area contributed by atoms with E-state index in [2.05, 4.69) is 5.32 Å². The van der Waals surface area contributed by atoms with E-state index < -0.39 is 30.0 Å². The van der Waals surface area contributed by atoms with Gasteiger partial charge in [-0.15, -0.1) is 0 Å². The van der Waals surface area contributed by atoms with Crippen LogP contribution in [-0.2, 0) is 14.3 Å². The van der Waals surface area contributed by atoms with Crippen molar-refractivity contribution in [3.05, 3.63) is 47.5 Å². The van der Waals surface area contributed by atoms with Gasteiger partial charge in [0.15, 0.2) is 0 Å². The quantitative estimate of drug-likeness (QED) is 0.832. The first-order valence-corrected chi connectivity index (χ1v) is 7.41. The summed E-state index contributed by atoms with van der Waals surface area (Å²) in [6.07, 6.45) is 2.59. The summed E-state index contributed by atoms with van der Waals surface area (Å²) >= 11 is 0. The highest BCUT2D eigenvalue weighted by Crippen LogP contribution is 2.39. The molecule has 5 unspecified atom stereocenters. The summed E-state index contributed by atoms with van der Waals surface area (Å²) in [6, 6.07) is 7.73. The van der Waals surface area contributed by atoms with Crippen LogP contribution in [0.2, 0.25) is 0 Å². The first-order chi connectivity index (χ1) is 10.5. The molecule has 22 heavy (non-hydrogen) atoms. The van der Waals surface area contributed by atoms with Gasteiger partial charge >= 0.3 is 5.97 Å². The maximum atomic E-state index is 12.5. The van der Waals surface area contributed by atoms with Crippen LogP contribution >= 0.6 is 0 Å². The number of nitrogens with one attached hydrogen (secondary N) is 1. The van der Waals surface area contributed by atoms with Crippen molar-refractivity contribution >= 4 is 11.9 Å². The van der Waals surface area contributed by atoms with Crippen molar-refractivity contribution < 1.29 is 19.4 Å². The molecule has 1 aromatic rings. The van der Waals surface area contributed by atoms with E-state index in [1.807, 2.05) is 38.1 Å². The molecule has 0 aromatic heterocycles. The maximum Gasteiger partial charge on any atom is 0.310 e. The summed E-state index contributed by atoms with van der Waals surface area (Å²) < 4.78 is 5.53. The van der Waals surface area contributed by atoms with E-state index in [0.29, 0.717) is 0 Å². The van der Waals surface area contributed by atoms with Crippen molar-refractivity contribution in [2.45, 2.75) is 32.1 Å². The molecule has 2 heterocycles. The van der Waals surface area contributed by atoms with E-state index in [0.717, 1.165) is 11.1 Å². The van der Waals surface area contributed by atoms with Crippen LogP contribution < -0.4 is 5.32 Å². The Morgan fingerprint density at radius 1 is 1.14 bits per heavy atom. The van der Waals surface area contributed by atoms with E-state index >= 15 is 0 Å². The fourth-order valence-corrected chi connectivity index (χ4v) is 3.16. The van der Waals surface area contributed by atoms with Gasteiger partial charge in [-0.3, -0.25) is 9.59 Å². The number of aliphatic carboxylic acids is 1. The van der Waals surface area contributed by atoms with Crippen molar-refractivity contribution in [1.82, 2.24) is 5.32 Å². The fourth-order valence-electron chi connectivity index (χ4n) is 3.16. The van der Waals surface area contributed by atoms with Gasteiger partial charge in [-0.1, -0.05) is 42.0 Å². The van der Waals surface area contributed by atoms with E-state index in [9.17, 15) is 14.7 Å². The standard InChI is InChI=1S/C17H19NO4/c1-9-3-5-11(6-4-9)10(2)18-16(19)14-12-7-8-13(22-12)15(14)17(20)21/h3-8,10,12-15H,1-2H3,(H,18,19)(H,20,21). The predicted molar refractivity (Wildman–Crippen MR) is 80.2 cm³/mol. The number of hydrogen-bond acceptors (Lipinski definition) is 3. The van der Waals surface area contributed by atoms with Crippen molar-refractivity contribution in [3.8, 4) is 0 Å². The third-order valence-corrected chi connectivity index (χ3v) is 4.42. The predicted octanol–water partition coefficient (Wildman–Crippen LogP) is 1.83. The lowest BCUT2D eigenvalue weighted by molar-refractivity contribution is -0.146. The largest absolute Gasteiger partial charge is 0.481 e. The Kier molecular flexibility index (Phi) is 3.74. The van der Waals surface area contributed by atoms with Gasteiger partial charge in [0, 0.05) is 0 Å². The third kappa shape index (κ3) is 2.52. The molecule has 0 aliphatic carbocycles. The molecule has 1 amide bonds. The Labute approximate surface area is 129 Å². The minimum Gasteiger partial charge on any atom is -0.481 e. The van der Waals surface area contributed by atoms with E-state index in [1.165, 1.54) is 0 Å². The molecule has 0 radical (unpaired) electrons. The van der Waals surface area contributed by atoms with Crippen LogP contribution in [0.4, 0.5) is 0 Å². The molecule has 2 aliphatic rings. The molecule has 116 valence electrons. The highest BCUT2D eigenvalue weighted by atomic mass is 16.5. The van der Waals surface area contributed by atoms with Crippen LogP contribution in [0.3, 0.4) is 0 Å². The lowest BCUT2D eigenvalue weighted by atomic mass is 9.82. The molecule has 5 heteroatoms. The third-order valence-electron chi connectivity index (χ3n) is 4.42. The molecule has 5 nitrogen and oxygen atoms in total. The van der Waals surface area contributed by atoms with Crippen molar-refractivity contribution in [3.63, 3.8) is 0 Å². The lowest BCUT2D eigenvalue weighted by Crippen LogP contribution is -2.43. The normalized spacial score (nSPS) is 30.3. The molecule has 0 saturated carbocycles. The molecule has 2 aliphatic heterocycles. The Hall–Kier alpha value is -2.14. The Bertz CT molecular complexity index is 622. The van der Waals surface area contributed by atoms with E-state index in [-0.39, 0.29) is 11.9 Å². The fraction of sp³-hybridized carbons (Fsp3) is 0.412. The van der Waals surface area contributed by atoms with Crippen LogP contribution in [0, 0.1) is 18.8 Å². The van der Waals surface area contributed by atoms with Gasteiger partial charge < -0.3 is 15.2 Å². The molecule has 1 aromatic carbocycles. The lowest BCUT2D eigenvalue weighted by Gasteiger charge is -2.23. The van der Waals surface area contributed by atoms with Crippen LogP contribution in [-0.4, -0.2) is 29.2 Å². The van der Waals surface area contributed by atoms with Gasteiger partial charge in [-0.05, 0) is 19.4 Å². The number of carboxylic acid groups (broad SMARTS) is 1. The summed E-state index contributed by atoms with van der Waals surface area (Å²) in [7, 11) is 0. The highest BCUT2D eigenvalue weighted by Gasteiger charge is 2.53. The zero-order chi connectivity index (χ0) is 15.9. The highest BCUT2D eigenvalue weighted by molar-refractivity contribution is 5.87. The zero-order valence-electron chi connectivity index (χ0n) is 12.5. The number of carboxylic acids is 1. The number of amides is 1. The van der Waals surface area contributed by atoms with Crippen molar-refractivity contribution in [2.24, 2.45) is 11.8 Å².